The van der Waals surface area contributed by atoms with Crippen molar-refractivity contribution in [2.45, 2.75) is 71.4 Å². The van der Waals surface area contributed by atoms with Crippen molar-refractivity contribution in [2.75, 3.05) is 18.4 Å². The van der Waals surface area contributed by atoms with Gasteiger partial charge in [-0.25, -0.2) is 9.78 Å². The molecule has 2 aromatic heterocycles. The molecule has 1 aromatic carbocycles. The van der Waals surface area contributed by atoms with E-state index in [4.69, 9.17) is 9.72 Å². The summed E-state index contributed by atoms with van der Waals surface area (Å²) in [4.78, 5) is 32.4. The number of aryl methyl sites for hydroxylation is 1. The second-order valence-corrected chi connectivity index (χ2v) is 10.3. The first-order valence-electron chi connectivity index (χ1n) is 12.6. The molecule has 0 unspecified atom stereocenters. The lowest BCUT2D eigenvalue weighted by Gasteiger charge is -2.34. The van der Waals surface area contributed by atoms with Crippen LogP contribution in [0.3, 0.4) is 0 Å². The number of aromatic nitrogens is 2. The SMILES string of the molecule is CCCCc1nc2ccccn2c(=O)c1-c1ccc(N[C@@H]2CCCN(C(=O)OC(C)(C)C)C2)cc1. The highest BCUT2D eigenvalue weighted by atomic mass is 16.6. The van der Waals surface area contributed by atoms with Gasteiger partial charge in [0.2, 0.25) is 0 Å². The van der Waals surface area contributed by atoms with E-state index in [0.717, 1.165) is 49.0 Å². The van der Waals surface area contributed by atoms with Crippen LogP contribution in [0.4, 0.5) is 10.5 Å². The number of rotatable bonds is 6. The number of unbranched alkanes of at least 4 members (excludes halogenated alkanes) is 1. The van der Waals surface area contributed by atoms with Crippen LogP contribution in [0.15, 0.2) is 53.5 Å². The number of ether oxygens (including phenoxy) is 1. The van der Waals surface area contributed by atoms with Gasteiger partial charge in [-0.3, -0.25) is 9.20 Å². The number of benzene rings is 1. The van der Waals surface area contributed by atoms with Gasteiger partial charge >= 0.3 is 6.09 Å². The Labute approximate surface area is 207 Å². The maximum atomic E-state index is 13.4. The van der Waals surface area contributed by atoms with Gasteiger partial charge < -0.3 is 15.0 Å². The Morgan fingerprint density at radius 1 is 1.17 bits per heavy atom. The maximum Gasteiger partial charge on any atom is 0.410 e. The number of piperidine rings is 1. The second-order valence-electron chi connectivity index (χ2n) is 10.3. The Hall–Kier alpha value is -3.35. The van der Waals surface area contributed by atoms with Gasteiger partial charge in [0.15, 0.2) is 0 Å². The highest BCUT2D eigenvalue weighted by Gasteiger charge is 2.27. The van der Waals surface area contributed by atoms with Crippen LogP contribution in [0.5, 0.6) is 0 Å². The largest absolute Gasteiger partial charge is 0.444 e. The third-order valence-electron chi connectivity index (χ3n) is 6.19. The monoisotopic (exact) mass is 476 g/mol. The van der Waals surface area contributed by atoms with Gasteiger partial charge in [-0.2, -0.15) is 0 Å². The molecule has 0 bridgehead atoms. The Bertz CT molecular complexity index is 1230. The van der Waals surface area contributed by atoms with Crippen LogP contribution in [0.25, 0.3) is 16.8 Å². The molecule has 1 fully saturated rings. The number of nitrogens with zero attached hydrogens (tertiary/aromatic N) is 3. The van der Waals surface area contributed by atoms with E-state index in [9.17, 15) is 9.59 Å². The fourth-order valence-electron chi connectivity index (χ4n) is 4.51. The number of nitrogens with one attached hydrogen (secondary N) is 1. The molecule has 7 nitrogen and oxygen atoms in total. The Morgan fingerprint density at radius 3 is 2.66 bits per heavy atom. The average molecular weight is 477 g/mol. The molecular weight excluding hydrogens is 440 g/mol. The van der Waals surface area contributed by atoms with Crippen LogP contribution in [-0.4, -0.2) is 45.1 Å². The number of hydrogen-bond donors (Lipinski definition) is 1. The Balaban J connectivity index is 1.53. The molecular formula is C28H36N4O3. The van der Waals surface area contributed by atoms with Gasteiger partial charge in [0, 0.05) is 31.0 Å². The molecule has 35 heavy (non-hydrogen) atoms. The Morgan fingerprint density at radius 2 is 1.94 bits per heavy atom. The van der Waals surface area contributed by atoms with Crippen LogP contribution in [-0.2, 0) is 11.2 Å². The van der Waals surface area contributed by atoms with Gasteiger partial charge in [-0.15, -0.1) is 0 Å². The normalized spacial score (nSPS) is 16.3. The second kappa shape index (κ2) is 10.5. The van der Waals surface area contributed by atoms with Crippen molar-refractivity contribution < 1.29 is 9.53 Å². The summed E-state index contributed by atoms with van der Waals surface area (Å²) < 4.78 is 7.16. The number of carbonyl (C=O) groups excluding carboxylic acids is 1. The highest BCUT2D eigenvalue weighted by Crippen LogP contribution is 2.25. The first-order chi connectivity index (χ1) is 16.7. The number of fused-ring (bicyclic) bond motifs is 1. The van der Waals surface area contributed by atoms with E-state index in [-0.39, 0.29) is 17.7 Å². The van der Waals surface area contributed by atoms with Gasteiger partial charge in [0.05, 0.1) is 11.3 Å². The fraction of sp³-hybridized carbons (Fsp3) is 0.464. The predicted molar refractivity (Wildman–Crippen MR) is 140 cm³/mol. The number of hydrogen-bond acceptors (Lipinski definition) is 5. The first kappa shape index (κ1) is 24.8. The number of anilines is 1. The lowest BCUT2D eigenvalue weighted by Crippen LogP contribution is -2.46. The molecule has 0 radical (unpaired) electrons. The van der Waals surface area contributed by atoms with E-state index < -0.39 is 5.60 Å². The van der Waals surface area contributed by atoms with E-state index in [1.54, 1.807) is 15.5 Å². The smallest absolute Gasteiger partial charge is 0.410 e. The minimum absolute atomic E-state index is 0.0392. The number of likely N-dealkylation sites (tertiary alicyclic amines) is 1. The van der Waals surface area contributed by atoms with Crippen molar-refractivity contribution in [1.29, 1.82) is 0 Å². The minimum Gasteiger partial charge on any atom is -0.444 e. The number of pyridine rings is 1. The molecule has 0 saturated carbocycles. The summed E-state index contributed by atoms with van der Waals surface area (Å²) in [5.74, 6) is 0. The third kappa shape index (κ3) is 6.02. The van der Waals surface area contributed by atoms with Crippen LogP contribution < -0.4 is 10.9 Å². The molecule has 4 rings (SSSR count). The summed E-state index contributed by atoms with van der Waals surface area (Å²) in [5, 5.41) is 3.55. The molecule has 1 N–H and O–H groups in total. The van der Waals surface area contributed by atoms with Gasteiger partial charge in [0.25, 0.3) is 5.56 Å². The molecule has 0 aliphatic carbocycles. The van der Waals surface area contributed by atoms with Crippen LogP contribution >= 0.6 is 0 Å². The quantitative estimate of drug-likeness (QED) is 0.507. The maximum absolute atomic E-state index is 13.4. The molecule has 3 aromatic rings. The standard InChI is InChI=1S/C28H36N4O3/c1-5-6-11-23-25(26(33)32-18-8-7-12-24(32)30-23)20-13-15-21(16-14-20)29-22-10-9-17-31(19-22)27(34)35-28(2,3)4/h7-8,12-16,18,22,29H,5-6,9-11,17,19H2,1-4H3/t22-/m1/s1. The van der Waals surface area contributed by atoms with Crippen LogP contribution in [0.2, 0.25) is 0 Å². The molecule has 1 saturated heterocycles. The summed E-state index contributed by atoms with van der Waals surface area (Å²) in [7, 11) is 0. The zero-order chi connectivity index (χ0) is 25.0. The van der Waals surface area contributed by atoms with Crippen molar-refractivity contribution in [3.8, 4) is 11.1 Å². The molecule has 3 heterocycles. The van der Waals surface area contributed by atoms with E-state index in [1.807, 2.05) is 63.2 Å². The van der Waals surface area contributed by atoms with Gasteiger partial charge in [0.1, 0.15) is 11.2 Å². The van der Waals surface area contributed by atoms with Crippen molar-refractivity contribution in [1.82, 2.24) is 14.3 Å². The lowest BCUT2D eigenvalue weighted by molar-refractivity contribution is 0.0206. The zero-order valence-electron chi connectivity index (χ0n) is 21.2. The number of amides is 1. The molecule has 0 spiro atoms. The molecule has 1 aliphatic heterocycles. The Kier molecular flexibility index (Phi) is 7.43. The zero-order valence-corrected chi connectivity index (χ0v) is 21.2. The van der Waals surface area contributed by atoms with E-state index in [0.29, 0.717) is 24.3 Å². The minimum atomic E-state index is -0.500. The number of carbonyl (C=O) groups is 1. The first-order valence-corrected chi connectivity index (χ1v) is 12.6. The van der Waals surface area contributed by atoms with E-state index >= 15 is 0 Å². The summed E-state index contributed by atoms with van der Waals surface area (Å²) >= 11 is 0. The molecule has 1 aliphatic rings. The van der Waals surface area contributed by atoms with Crippen molar-refractivity contribution >= 4 is 17.4 Å². The van der Waals surface area contributed by atoms with Crippen LogP contribution in [0.1, 0.15) is 59.1 Å². The summed E-state index contributed by atoms with van der Waals surface area (Å²) in [5.41, 5.74) is 3.50. The summed E-state index contributed by atoms with van der Waals surface area (Å²) in [6.07, 6.45) is 6.22. The lowest BCUT2D eigenvalue weighted by atomic mass is 10.0. The van der Waals surface area contributed by atoms with E-state index in [1.165, 1.54) is 0 Å². The van der Waals surface area contributed by atoms with Gasteiger partial charge in [-0.1, -0.05) is 31.5 Å². The van der Waals surface area contributed by atoms with Crippen molar-refractivity contribution in [3.05, 3.63) is 64.7 Å². The van der Waals surface area contributed by atoms with Crippen LogP contribution in [0, 0.1) is 0 Å². The highest BCUT2D eigenvalue weighted by molar-refractivity contribution is 5.70. The average Bonchev–Trinajstić information content (AvgIpc) is 2.83. The summed E-state index contributed by atoms with van der Waals surface area (Å²) in [6, 6.07) is 13.8. The molecule has 7 heteroatoms. The van der Waals surface area contributed by atoms with Crippen molar-refractivity contribution in [3.63, 3.8) is 0 Å². The summed E-state index contributed by atoms with van der Waals surface area (Å²) in [6.45, 7) is 9.12. The molecule has 186 valence electrons. The molecule has 1 atom stereocenters. The third-order valence-corrected chi connectivity index (χ3v) is 6.19. The fourth-order valence-corrected chi connectivity index (χ4v) is 4.51. The topological polar surface area (TPSA) is 75.9 Å². The predicted octanol–water partition coefficient (Wildman–Crippen LogP) is 5.52. The molecule has 1 amide bonds. The van der Waals surface area contributed by atoms with E-state index in [2.05, 4.69) is 12.2 Å². The van der Waals surface area contributed by atoms with Crippen molar-refractivity contribution in [2.24, 2.45) is 0 Å². The van der Waals surface area contributed by atoms with Gasteiger partial charge in [-0.05, 0) is 76.3 Å².